The Morgan fingerprint density at radius 3 is 2.46 bits per heavy atom. The van der Waals surface area contributed by atoms with Crippen LogP contribution in [-0.4, -0.2) is 24.9 Å². The summed E-state index contributed by atoms with van der Waals surface area (Å²) in [5.74, 6) is 0. The van der Waals surface area contributed by atoms with Crippen molar-refractivity contribution in [3.63, 3.8) is 0 Å². The molecule has 4 heteroatoms. The van der Waals surface area contributed by atoms with Crippen molar-refractivity contribution in [3.05, 3.63) is 0 Å². The number of ether oxygens (including phenoxy) is 1. The van der Waals surface area contributed by atoms with E-state index in [1.165, 1.54) is 0 Å². The fourth-order valence-electron chi connectivity index (χ4n) is 1.81. The van der Waals surface area contributed by atoms with Crippen LogP contribution in [0.5, 0.6) is 0 Å². The highest BCUT2D eigenvalue weighted by Crippen LogP contribution is 2.45. The van der Waals surface area contributed by atoms with Crippen LogP contribution in [0.4, 0.5) is 8.78 Å². The minimum Gasteiger partial charge on any atom is -0.375 e. The Morgan fingerprint density at radius 1 is 1.54 bits per heavy atom. The van der Waals surface area contributed by atoms with Crippen LogP contribution < -0.4 is 0 Å². The normalized spacial score (nSPS) is 32.4. The molecule has 1 fully saturated rings. The van der Waals surface area contributed by atoms with Gasteiger partial charge < -0.3 is 9.53 Å². The van der Waals surface area contributed by atoms with E-state index in [9.17, 15) is 13.6 Å². The summed E-state index contributed by atoms with van der Waals surface area (Å²) >= 11 is 0. The topological polar surface area (TPSA) is 26.3 Å². The van der Waals surface area contributed by atoms with Crippen molar-refractivity contribution in [1.82, 2.24) is 0 Å². The molecule has 0 aliphatic carbocycles. The standard InChI is InChI=1S/C9H14F2O2/c1-8(2)9(6-12,3-4-13-8)5-7(10)11/h6-7H,3-5H2,1-2H3. The van der Waals surface area contributed by atoms with Gasteiger partial charge in [0.05, 0.1) is 11.0 Å². The second kappa shape index (κ2) is 3.33. The maximum atomic E-state index is 12.2. The molecule has 76 valence electrons. The van der Waals surface area contributed by atoms with Crippen LogP contribution in [0.3, 0.4) is 0 Å². The zero-order chi connectivity index (χ0) is 10.1. The third-order valence-corrected chi connectivity index (χ3v) is 2.95. The van der Waals surface area contributed by atoms with Gasteiger partial charge in [0.1, 0.15) is 6.29 Å². The van der Waals surface area contributed by atoms with E-state index in [1.54, 1.807) is 13.8 Å². The van der Waals surface area contributed by atoms with Gasteiger partial charge in [-0.3, -0.25) is 0 Å². The smallest absolute Gasteiger partial charge is 0.239 e. The Bertz CT molecular complexity index is 204. The quantitative estimate of drug-likeness (QED) is 0.639. The van der Waals surface area contributed by atoms with E-state index in [0.717, 1.165) is 0 Å². The molecule has 0 aromatic carbocycles. The van der Waals surface area contributed by atoms with Crippen molar-refractivity contribution < 1.29 is 18.3 Å². The molecule has 1 atom stereocenters. The lowest BCUT2D eigenvalue weighted by molar-refractivity contribution is -0.129. The Balaban J connectivity index is 2.85. The van der Waals surface area contributed by atoms with Crippen LogP contribution in [-0.2, 0) is 9.53 Å². The molecule has 1 aliphatic heterocycles. The largest absolute Gasteiger partial charge is 0.375 e. The SMILES string of the molecule is CC1(C)OCCC1(C=O)CC(F)F. The van der Waals surface area contributed by atoms with Gasteiger partial charge in [-0.25, -0.2) is 8.78 Å². The summed E-state index contributed by atoms with van der Waals surface area (Å²) in [5, 5.41) is 0. The van der Waals surface area contributed by atoms with Crippen LogP contribution in [0.1, 0.15) is 26.7 Å². The number of hydrogen-bond acceptors (Lipinski definition) is 2. The highest BCUT2D eigenvalue weighted by Gasteiger charge is 2.51. The zero-order valence-corrected chi connectivity index (χ0v) is 7.85. The van der Waals surface area contributed by atoms with Gasteiger partial charge in [-0.15, -0.1) is 0 Å². The number of rotatable bonds is 3. The van der Waals surface area contributed by atoms with E-state index in [-0.39, 0.29) is 0 Å². The summed E-state index contributed by atoms with van der Waals surface area (Å²) in [5.41, 5.74) is -1.76. The first-order valence-corrected chi connectivity index (χ1v) is 4.32. The molecular formula is C9H14F2O2. The van der Waals surface area contributed by atoms with Gasteiger partial charge in [-0.05, 0) is 20.3 Å². The second-order valence-corrected chi connectivity index (χ2v) is 3.98. The van der Waals surface area contributed by atoms with Gasteiger partial charge in [0.2, 0.25) is 6.43 Å². The van der Waals surface area contributed by atoms with Crippen molar-refractivity contribution in [2.45, 2.75) is 38.7 Å². The van der Waals surface area contributed by atoms with Gasteiger partial charge in [0.25, 0.3) is 0 Å². The Labute approximate surface area is 76.3 Å². The average Bonchev–Trinajstić information content (AvgIpc) is 2.27. The van der Waals surface area contributed by atoms with E-state index in [1.807, 2.05) is 0 Å². The molecule has 2 nitrogen and oxygen atoms in total. The number of hydrogen-bond donors (Lipinski definition) is 0. The van der Waals surface area contributed by atoms with Gasteiger partial charge >= 0.3 is 0 Å². The first-order chi connectivity index (χ1) is 5.93. The van der Waals surface area contributed by atoms with Crippen LogP contribution in [0.25, 0.3) is 0 Å². The number of carbonyl (C=O) groups excluding carboxylic acids is 1. The Kier molecular flexibility index (Phi) is 2.71. The van der Waals surface area contributed by atoms with E-state index in [4.69, 9.17) is 4.74 Å². The third kappa shape index (κ3) is 1.73. The molecule has 0 spiro atoms. The Morgan fingerprint density at radius 2 is 2.15 bits per heavy atom. The molecule has 0 amide bonds. The molecule has 1 aliphatic rings. The second-order valence-electron chi connectivity index (χ2n) is 3.98. The van der Waals surface area contributed by atoms with Gasteiger partial charge in [0.15, 0.2) is 0 Å². The highest BCUT2D eigenvalue weighted by molar-refractivity contribution is 5.62. The van der Waals surface area contributed by atoms with E-state index in [0.29, 0.717) is 19.3 Å². The summed E-state index contributed by atoms with van der Waals surface area (Å²) in [6, 6.07) is 0. The fraction of sp³-hybridized carbons (Fsp3) is 0.889. The monoisotopic (exact) mass is 192 g/mol. The lowest BCUT2D eigenvalue weighted by atomic mass is 9.72. The highest BCUT2D eigenvalue weighted by atomic mass is 19.3. The van der Waals surface area contributed by atoms with Crippen molar-refractivity contribution in [2.24, 2.45) is 5.41 Å². The molecule has 0 saturated carbocycles. The predicted molar refractivity (Wildman–Crippen MR) is 43.8 cm³/mol. The fourth-order valence-corrected chi connectivity index (χ4v) is 1.81. The molecule has 1 unspecified atom stereocenters. The van der Waals surface area contributed by atoms with Crippen LogP contribution in [0, 0.1) is 5.41 Å². The van der Waals surface area contributed by atoms with Crippen LogP contribution in [0.15, 0.2) is 0 Å². The van der Waals surface area contributed by atoms with E-state index < -0.39 is 23.9 Å². The van der Waals surface area contributed by atoms with Gasteiger partial charge in [-0.2, -0.15) is 0 Å². The lowest BCUT2D eigenvalue weighted by Gasteiger charge is -2.34. The Hall–Kier alpha value is -0.510. The summed E-state index contributed by atoms with van der Waals surface area (Å²) in [7, 11) is 0. The number of halogens is 2. The minimum atomic E-state index is -2.45. The minimum absolute atomic E-state index is 0.387. The predicted octanol–water partition coefficient (Wildman–Crippen LogP) is 2.03. The molecule has 1 saturated heterocycles. The maximum absolute atomic E-state index is 12.2. The lowest BCUT2D eigenvalue weighted by Crippen LogP contribution is -2.42. The molecular weight excluding hydrogens is 178 g/mol. The molecule has 1 rings (SSSR count). The van der Waals surface area contributed by atoms with Crippen LogP contribution in [0.2, 0.25) is 0 Å². The van der Waals surface area contributed by atoms with E-state index >= 15 is 0 Å². The molecule has 0 aromatic heterocycles. The molecule has 0 aromatic rings. The summed E-state index contributed by atoms with van der Waals surface area (Å²) in [6.45, 7) is 3.77. The van der Waals surface area contributed by atoms with Crippen molar-refractivity contribution in [3.8, 4) is 0 Å². The summed E-state index contributed by atoms with van der Waals surface area (Å²) < 4.78 is 29.8. The molecule has 1 heterocycles. The number of aldehydes is 1. The van der Waals surface area contributed by atoms with Gasteiger partial charge in [-0.1, -0.05) is 0 Å². The first kappa shape index (κ1) is 10.6. The molecule has 0 radical (unpaired) electrons. The van der Waals surface area contributed by atoms with Crippen molar-refractivity contribution in [2.75, 3.05) is 6.61 Å². The molecule has 0 bridgehead atoms. The first-order valence-electron chi connectivity index (χ1n) is 4.32. The average molecular weight is 192 g/mol. The molecule has 0 N–H and O–H groups in total. The maximum Gasteiger partial charge on any atom is 0.239 e. The van der Waals surface area contributed by atoms with Crippen molar-refractivity contribution >= 4 is 6.29 Å². The third-order valence-electron chi connectivity index (χ3n) is 2.95. The zero-order valence-electron chi connectivity index (χ0n) is 7.85. The van der Waals surface area contributed by atoms with E-state index in [2.05, 4.69) is 0 Å². The van der Waals surface area contributed by atoms with Crippen LogP contribution >= 0.6 is 0 Å². The number of carbonyl (C=O) groups is 1. The summed E-state index contributed by atoms with van der Waals surface area (Å²) in [4.78, 5) is 10.9. The number of alkyl halides is 2. The molecule has 13 heavy (non-hydrogen) atoms. The van der Waals surface area contributed by atoms with Crippen molar-refractivity contribution in [1.29, 1.82) is 0 Å². The summed E-state index contributed by atoms with van der Waals surface area (Å²) in [6.07, 6.45) is -1.82. The van der Waals surface area contributed by atoms with Gasteiger partial charge in [0, 0.05) is 13.0 Å².